The maximum Gasteiger partial charge on any atom is 0.315 e. The first kappa shape index (κ1) is 13.6. The summed E-state index contributed by atoms with van der Waals surface area (Å²) in [5, 5.41) is 15.3. The average molecular weight is 246 g/mol. The van der Waals surface area contributed by atoms with Gasteiger partial charge in [0.2, 0.25) is 0 Å². The number of carbonyl (C=O) groups is 1. The minimum Gasteiger partial charge on any atom is -0.391 e. The molecule has 0 radical (unpaired) electrons. The largest absolute Gasteiger partial charge is 0.391 e. The molecule has 0 bridgehead atoms. The van der Waals surface area contributed by atoms with Gasteiger partial charge in [-0.3, -0.25) is 0 Å². The molecule has 2 atom stereocenters. The van der Waals surface area contributed by atoms with E-state index in [1.807, 2.05) is 0 Å². The van der Waals surface area contributed by atoms with E-state index in [1.165, 1.54) is 0 Å². The first-order valence-corrected chi connectivity index (χ1v) is 7.35. The lowest BCUT2D eigenvalue weighted by Gasteiger charge is -2.28. The summed E-state index contributed by atoms with van der Waals surface area (Å²) in [5.74, 6) is 1.06. The van der Waals surface area contributed by atoms with Crippen molar-refractivity contribution >= 4 is 17.8 Å². The van der Waals surface area contributed by atoms with Gasteiger partial charge in [-0.15, -0.1) is 0 Å². The van der Waals surface area contributed by atoms with Crippen molar-refractivity contribution in [1.29, 1.82) is 0 Å². The highest BCUT2D eigenvalue weighted by Crippen LogP contribution is 2.18. The van der Waals surface area contributed by atoms with E-state index in [0.29, 0.717) is 6.54 Å². The lowest BCUT2D eigenvalue weighted by Crippen LogP contribution is -2.49. The number of rotatable bonds is 5. The second-order valence-corrected chi connectivity index (χ2v) is 5.19. The number of urea groups is 1. The van der Waals surface area contributed by atoms with Crippen molar-refractivity contribution in [2.24, 2.45) is 0 Å². The SMILES string of the molecule is CSCCCNC(=O)NC1CCCCC1O. The molecule has 5 heteroatoms. The van der Waals surface area contributed by atoms with Crippen molar-refractivity contribution in [3.8, 4) is 0 Å². The van der Waals surface area contributed by atoms with Gasteiger partial charge < -0.3 is 15.7 Å². The summed E-state index contributed by atoms with van der Waals surface area (Å²) in [6, 6.07) is -0.207. The number of amides is 2. The van der Waals surface area contributed by atoms with Gasteiger partial charge in [0.05, 0.1) is 12.1 Å². The Labute approximate surface area is 102 Å². The van der Waals surface area contributed by atoms with Crippen LogP contribution in [0.5, 0.6) is 0 Å². The fourth-order valence-corrected chi connectivity index (χ4v) is 2.35. The molecule has 0 aromatic carbocycles. The summed E-state index contributed by atoms with van der Waals surface area (Å²) in [5.41, 5.74) is 0. The lowest BCUT2D eigenvalue weighted by atomic mass is 9.93. The minimum absolute atomic E-state index is 0.0608. The Hall–Kier alpha value is -0.420. The molecule has 0 spiro atoms. The number of carbonyl (C=O) groups excluding carboxylic acids is 1. The van der Waals surface area contributed by atoms with E-state index in [-0.39, 0.29) is 18.2 Å². The second-order valence-electron chi connectivity index (χ2n) is 4.20. The van der Waals surface area contributed by atoms with Crippen molar-refractivity contribution in [2.75, 3.05) is 18.6 Å². The van der Waals surface area contributed by atoms with E-state index >= 15 is 0 Å². The normalized spacial score (nSPS) is 25.1. The molecule has 1 fully saturated rings. The second kappa shape index (κ2) is 7.79. The van der Waals surface area contributed by atoms with Gasteiger partial charge in [-0.25, -0.2) is 4.79 Å². The number of aliphatic hydroxyl groups is 1. The Balaban J connectivity index is 2.12. The molecular formula is C11H22N2O2S. The van der Waals surface area contributed by atoms with Crippen molar-refractivity contribution < 1.29 is 9.90 Å². The highest BCUT2D eigenvalue weighted by atomic mass is 32.2. The Bertz CT molecular complexity index is 214. The average Bonchev–Trinajstić information content (AvgIpc) is 2.28. The van der Waals surface area contributed by atoms with Gasteiger partial charge in [0.1, 0.15) is 0 Å². The van der Waals surface area contributed by atoms with E-state index in [4.69, 9.17) is 0 Å². The van der Waals surface area contributed by atoms with Crippen LogP contribution >= 0.6 is 11.8 Å². The van der Waals surface area contributed by atoms with Crippen molar-refractivity contribution in [2.45, 2.75) is 44.2 Å². The molecule has 4 nitrogen and oxygen atoms in total. The maximum absolute atomic E-state index is 11.5. The van der Waals surface area contributed by atoms with Crippen LogP contribution in [0.1, 0.15) is 32.1 Å². The zero-order chi connectivity index (χ0) is 11.8. The van der Waals surface area contributed by atoms with Crippen LogP contribution in [0, 0.1) is 0 Å². The van der Waals surface area contributed by atoms with Crippen LogP contribution < -0.4 is 10.6 Å². The third-order valence-electron chi connectivity index (χ3n) is 2.86. The van der Waals surface area contributed by atoms with Gasteiger partial charge in [0, 0.05) is 6.54 Å². The van der Waals surface area contributed by atoms with Crippen LogP contribution in [0.3, 0.4) is 0 Å². The quantitative estimate of drug-likeness (QED) is 0.642. The predicted molar refractivity (Wildman–Crippen MR) is 67.8 cm³/mol. The molecule has 0 aliphatic heterocycles. The molecule has 0 aromatic rings. The third kappa shape index (κ3) is 5.07. The summed E-state index contributed by atoms with van der Waals surface area (Å²) < 4.78 is 0. The molecule has 2 amide bonds. The fraction of sp³-hybridized carbons (Fsp3) is 0.909. The molecule has 1 aliphatic carbocycles. The van der Waals surface area contributed by atoms with Gasteiger partial charge in [-0.05, 0) is 31.3 Å². The number of aliphatic hydroxyl groups excluding tert-OH is 1. The van der Waals surface area contributed by atoms with Crippen LogP contribution in [0.25, 0.3) is 0 Å². The molecule has 0 heterocycles. The van der Waals surface area contributed by atoms with E-state index in [9.17, 15) is 9.90 Å². The monoisotopic (exact) mass is 246 g/mol. The highest BCUT2D eigenvalue weighted by Gasteiger charge is 2.24. The van der Waals surface area contributed by atoms with E-state index in [0.717, 1.165) is 37.9 Å². The highest BCUT2D eigenvalue weighted by molar-refractivity contribution is 7.98. The van der Waals surface area contributed by atoms with Gasteiger partial charge in [-0.2, -0.15) is 11.8 Å². The van der Waals surface area contributed by atoms with Crippen molar-refractivity contribution in [3.63, 3.8) is 0 Å². The van der Waals surface area contributed by atoms with Crippen molar-refractivity contribution in [3.05, 3.63) is 0 Å². The number of thioether (sulfide) groups is 1. The topological polar surface area (TPSA) is 61.4 Å². The molecule has 1 aliphatic rings. The number of nitrogens with one attached hydrogen (secondary N) is 2. The molecule has 2 unspecified atom stereocenters. The van der Waals surface area contributed by atoms with E-state index in [2.05, 4.69) is 16.9 Å². The Morgan fingerprint density at radius 1 is 1.44 bits per heavy atom. The summed E-state index contributed by atoms with van der Waals surface area (Å²) in [6.07, 6.45) is 6.52. The van der Waals surface area contributed by atoms with Gasteiger partial charge in [0.25, 0.3) is 0 Å². The van der Waals surface area contributed by atoms with E-state index in [1.54, 1.807) is 11.8 Å². The first-order chi connectivity index (χ1) is 7.74. The van der Waals surface area contributed by atoms with Gasteiger partial charge in [0.15, 0.2) is 0 Å². The molecule has 94 valence electrons. The van der Waals surface area contributed by atoms with Crippen LogP contribution in [0.4, 0.5) is 4.79 Å². The molecule has 0 saturated heterocycles. The number of hydrogen-bond acceptors (Lipinski definition) is 3. The zero-order valence-corrected chi connectivity index (χ0v) is 10.7. The molecule has 3 N–H and O–H groups in total. The van der Waals surface area contributed by atoms with Crippen molar-refractivity contribution in [1.82, 2.24) is 10.6 Å². The van der Waals surface area contributed by atoms with Crippen LogP contribution in [0.15, 0.2) is 0 Å². The van der Waals surface area contributed by atoms with Crippen LogP contribution in [0.2, 0.25) is 0 Å². The maximum atomic E-state index is 11.5. The summed E-state index contributed by atoms with van der Waals surface area (Å²) in [4.78, 5) is 11.5. The summed E-state index contributed by atoms with van der Waals surface area (Å²) >= 11 is 1.78. The smallest absolute Gasteiger partial charge is 0.315 e. The molecule has 0 aromatic heterocycles. The molecule has 16 heavy (non-hydrogen) atoms. The summed E-state index contributed by atoms with van der Waals surface area (Å²) in [7, 11) is 0. The zero-order valence-electron chi connectivity index (χ0n) is 9.87. The first-order valence-electron chi connectivity index (χ1n) is 5.95. The lowest BCUT2D eigenvalue weighted by molar-refractivity contribution is 0.0943. The molecular weight excluding hydrogens is 224 g/mol. The molecule has 1 saturated carbocycles. The van der Waals surface area contributed by atoms with Gasteiger partial charge in [-0.1, -0.05) is 12.8 Å². The van der Waals surface area contributed by atoms with Gasteiger partial charge >= 0.3 is 6.03 Å². The number of hydrogen-bond donors (Lipinski definition) is 3. The molecule has 1 rings (SSSR count). The van der Waals surface area contributed by atoms with E-state index < -0.39 is 0 Å². The van der Waals surface area contributed by atoms with Crippen LogP contribution in [-0.4, -0.2) is 41.8 Å². The predicted octanol–water partition coefficient (Wildman–Crippen LogP) is 1.34. The minimum atomic E-state index is -0.370. The Kier molecular flexibility index (Phi) is 6.64. The fourth-order valence-electron chi connectivity index (χ4n) is 1.92. The standard InChI is InChI=1S/C11H22N2O2S/c1-16-8-4-7-12-11(15)13-9-5-2-3-6-10(9)14/h9-10,14H,2-8H2,1H3,(H2,12,13,15). The Morgan fingerprint density at radius 3 is 2.88 bits per heavy atom. The third-order valence-corrected chi connectivity index (χ3v) is 3.55. The Morgan fingerprint density at radius 2 is 2.19 bits per heavy atom. The summed E-state index contributed by atoms with van der Waals surface area (Å²) in [6.45, 7) is 0.704. The van der Waals surface area contributed by atoms with Crippen LogP contribution in [-0.2, 0) is 0 Å².